The van der Waals surface area contributed by atoms with Crippen molar-refractivity contribution in [3.8, 4) is 0 Å². The normalized spacial score (nSPS) is 21.6. The third-order valence-corrected chi connectivity index (χ3v) is 7.04. The number of nitrogens with two attached hydrogens (primary N) is 1. The maximum absolute atomic E-state index is 13.4. The van der Waals surface area contributed by atoms with E-state index in [1.54, 1.807) is 16.8 Å². The van der Waals surface area contributed by atoms with Gasteiger partial charge in [0, 0.05) is 20.1 Å². The lowest BCUT2D eigenvalue weighted by Gasteiger charge is -2.31. The van der Waals surface area contributed by atoms with Crippen molar-refractivity contribution < 1.29 is 28.7 Å². The number of carbonyl (C=O) groups excluding carboxylic acids is 4. The number of nitrogens with zero attached hydrogens (tertiary/aromatic N) is 4. The van der Waals surface area contributed by atoms with Crippen LogP contribution < -0.4 is 21.7 Å². The number of rotatable bonds is 9. The number of alkyl carbamates (subject to hydrolysis) is 2. The first kappa shape index (κ1) is 31.6. The number of amidine groups is 2. The standard InChI is InChI=1S/C25H44N8O6/c1-14(2)18(28-24(36)38-6)22(34)32-12-8-10-16(32)20(26)30-31-21(27-5)17-11-9-13-33(17)23(35)19(15(3)4)29-25(37)39-7/h14-19H,8-13H2,1-7H3,(H2,26,30)(H,27,31)(H,28,36)(H,29,37)/t16-,17-,18?,19?/m0/s1. The zero-order valence-electron chi connectivity index (χ0n) is 24.0. The number of hydrogen-bond acceptors (Lipinski definition) is 8. The Labute approximate surface area is 230 Å². The minimum atomic E-state index is -0.771. The Kier molecular flexibility index (Phi) is 11.8. The van der Waals surface area contributed by atoms with Gasteiger partial charge in [-0.05, 0) is 37.5 Å². The molecule has 0 radical (unpaired) electrons. The van der Waals surface area contributed by atoms with Crippen molar-refractivity contribution in [3.05, 3.63) is 0 Å². The number of hydrogen-bond donors (Lipinski definition) is 4. The van der Waals surface area contributed by atoms with Crippen LogP contribution in [0.3, 0.4) is 0 Å². The zero-order chi connectivity index (χ0) is 29.3. The van der Waals surface area contributed by atoms with Crippen molar-refractivity contribution in [2.45, 2.75) is 77.5 Å². The number of amides is 4. The summed E-state index contributed by atoms with van der Waals surface area (Å²) in [6.07, 6.45) is 1.40. The topological polar surface area (TPSA) is 180 Å². The molecule has 2 heterocycles. The van der Waals surface area contributed by atoms with Gasteiger partial charge in [0.1, 0.15) is 23.8 Å². The summed E-state index contributed by atoms with van der Waals surface area (Å²) in [6.45, 7) is 8.35. The molecule has 39 heavy (non-hydrogen) atoms. The van der Waals surface area contributed by atoms with E-state index < -0.39 is 30.3 Å². The summed E-state index contributed by atoms with van der Waals surface area (Å²) in [6, 6.07) is -2.38. The van der Waals surface area contributed by atoms with E-state index in [0.29, 0.717) is 31.8 Å². The molecule has 0 bridgehead atoms. The van der Waals surface area contributed by atoms with Crippen LogP contribution in [0.25, 0.3) is 0 Å². The molecule has 14 nitrogen and oxygen atoms in total. The predicted octanol–water partition coefficient (Wildman–Crippen LogP) is 0.620. The molecule has 0 aliphatic carbocycles. The first-order valence-electron chi connectivity index (χ1n) is 13.3. The van der Waals surface area contributed by atoms with E-state index in [1.807, 2.05) is 27.7 Å². The Balaban J connectivity index is 2.24. The summed E-state index contributed by atoms with van der Waals surface area (Å²) in [4.78, 5) is 53.6. The van der Waals surface area contributed by atoms with Gasteiger partial charge in [-0.3, -0.25) is 9.59 Å². The first-order valence-corrected chi connectivity index (χ1v) is 13.3. The fourth-order valence-corrected chi connectivity index (χ4v) is 4.87. The van der Waals surface area contributed by atoms with Crippen LogP contribution >= 0.6 is 0 Å². The molecule has 4 atom stereocenters. The monoisotopic (exact) mass is 552 g/mol. The van der Waals surface area contributed by atoms with Crippen LogP contribution in [0, 0.1) is 11.8 Å². The molecule has 2 aliphatic heterocycles. The summed E-state index contributed by atoms with van der Waals surface area (Å²) >= 11 is 0. The molecule has 2 unspecified atom stereocenters. The van der Waals surface area contributed by atoms with Gasteiger partial charge in [0.05, 0.1) is 26.3 Å². The van der Waals surface area contributed by atoms with Crippen molar-refractivity contribution in [2.75, 3.05) is 34.4 Å². The molecular weight excluding hydrogens is 508 g/mol. The average Bonchev–Trinajstić information content (AvgIpc) is 3.59. The lowest BCUT2D eigenvalue weighted by atomic mass is 10.0. The third-order valence-electron chi connectivity index (χ3n) is 7.04. The molecule has 220 valence electrons. The second-order valence-corrected chi connectivity index (χ2v) is 10.4. The van der Waals surface area contributed by atoms with E-state index in [9.17, 15) is 19.2 Å². The Hall–Kier alpha value is -3.58. The molecule has 5 N–H and O–H groups in total. The zero-order valence-corrected chi connectivity index (χ0v) is 24.0. The smallest absolute Gasteiger partial charge is 0.407 e. The molecule has 2 aliphatic rings. The first-order chi connectivity index (χ1) is 18.5. The summed E-state index contributed by atoms with van der Waals surface area (Å²) in [5, 5.41) is 16.9. The largest absolute Gasteiger partial charge is 0.453 e. The highest BCUT2D eigenvalue weighted by molar-refractivity contribution is 5.96. The quantitative estimate of drug-likeness (QED) is 0.182. The minimum absolute atomic E-state index is 0.157. The summed E-state index contributed by atoms with van der Waals surface area (Å²) in [5.41, 5.74) is 6.33. The van der Waals surface area contributed by atoms with E-state index in [1.165, 1.54) is 14.2 Å². The van der Waals surface area contributed by atoms with Gasteiger partial charge in [0.15, 0.2) is 0 Å². The van der Waals surface area contributed by atoms with Gasteiger partial charge in [-0.25, -0.2) is 9.59 Å². The highest BCUT2D eigenvalue weighted by atomic mass is 16.5. The molecule has 4 amide bonds. The summed E-state index contributed by atoms with van der Waals surface area (Å²) in [5.74, 6) is -0.206. The minimum Gasteiger partial charge on any atom is -0.453 e. The van der Waals surface area contributed by atoms with E-state index >= 15 is 0 Å². The van der Waals surface area contributed by atoms with Crippen molar-refractivity contribution in [1.29, 1.82) is 0 Å². The van der Waals surface area contributed by atoms with Crippen molar-refractivity contribution >= 4 is 35.7 Å². The van der Waals surface area contributed by atoms with Crippen molar-refractivity contribution in [3.63, 3.8) is 0 Å². The summed E-state index contributed by atoms with van der Waals surface area (Å²) in [7, 11) is 4.19. The van der Waals surface area contributed by atoms with Crippen molar-refractivity contribution in [2.24, 2.45) is 27.8 Å². The van der Waals surface area contributed by atoms with E-state index in [4.69, 9.17) is 5.73 Å². The summed E-state index contributed by atoms with van der Waals surface area (Å²) < 4.78 is 9.36. The van der Waals surface area contributed by atoms with Gasteiger partial charge < -0.3 is 41.0 Å². The maximum Gasteiger partial charge on any atom is 0.407 e. The lowest BCUT2D eigenvalue weighted by molar-refractivity contribution is -0.135. The Morgan fingerprint density at radius 1 is 0.795 bits per heavy atom. The van der Waals surface area contributed by atoms with Crippen LogP contribution in [-0.2, 0) is 19.1 Å². The number of nitrogens with one attached hydrogen (secondary N) is 3. The molecule has 0 aromatic carbocycles. The van der Waals surface area contributed by atoms with Gasteiger partial charge in [0.25, 0.3) is 0 Å². The van der Waals surface area contributed by atoms with Crippen LogP contribution in [0.4, 0.5) is 9.59 Å². The molecule has 2 saturated heterocycles. The van der Waals surface area contributed by atoms with Gasteiger partial charge in [-0.2, -0.15) is 0 Å². The second kappa shape index (κ2) is 14.5. The number of methoxy groups -OCH3 is 2. The van der Waals surface area contributed by atoms with Gasteiger partial charge >= 0.3 is 12.2 Å². The maximum atomic E-state index is 13.4. The number of carbonyl (C=O) groups is 4. The number of likely N-dealkylation sites (tertiary alicyclic amines) is 2. The highest BCUT2D eigenvalue weighted by Gasteiger charge is 2.39. The van der Waals surface area contributed by atoms with Crippen LogP contribution in [0.2, 0.25) is 0 Å². The Bertz CT molecular complexity index is 953. The fourth-order valence-electron chi connectivity index (χ4n) is 4.87. The molecule has 2 fully saturated rings. The van der Waals surface area contributed by atoms with Crippen LogP contribution in [0.5, 0.6) is 0 Å². The highest BCUT2D eigenvalue weighted by Crippen LogP contribution is 2.23. The molecule has 0 saturated carbocycles. The van der Waals surface area contributed by atoms with Crippen molar-refractivity contribution in [1.82, 2.24) is 25.8 Å². The molecule has 2 rings (SSSR count). The third kappa shape index (κ3) is 7.96. The Morgan fingerprint density at radius 2 is 1.23 bits per heavy atom. The van der Waals surface area contributed by atoms with Crippen LogP contribution in [0.15, 0.2) is 10.2 Å². The number of likely N-dealkylation sites (N-methyl/N-ethyl adjacent to an activating group) is 1. The Morgan fingerprint density at radius 3 is 1.64 bits per heavy atom. The van der Waals surface area contributed by atoms with Gasteiger partial charge in [-0.15, -0.1) is 10.2 Å². The average molecular weight is 553 g/mol. The van der Waals surface area contributed by atoms with Gasteiger partial charge in [-0.1, -0.05) is 27.7 Å². The molecule has 14 heteroatoms. The van der Waals surface area contributed by atoms with Crippen LogP contribution in [-0.4, -0.2) is 104 Å². The van der Waals surface area contributed by atoms with E-state index in [2.05, 4.69) is 35.6 Å². The number of ether oxygens (including phenoxy) is 2. The lowest BCUT2D eigenvalue weighted by Crippen LogP contribution is -2.55. The molecular formula is C25H44N8O6. The van der Waals surface area contributed by atoms with Gasteiger partial charge in [0.2, 0.25) is 11.8 Å². The molecule has 0 aromatic rings. The van der Waals surface area contributed by atoms with E-state index in [-0.39, 0.29) is 35.5 Å². The van der Waals surface area contributed by atoms with Crippen LogP contribution in [0.1, 0.15) is 53.4 Å². The van der Waals surface area contributed by atoms with E-state index in [0.717, 1.165) is 12.8 Å². The second-order valence-electron chi connectivity index (χ2n) is 10.4. The SMILES string of the molecule is CN/C(=N\N=C(/N)[C@@H]1CCCN1C(=O)C(NC(=O)OC)C(C)C)[C@@H]1CCCN1C(=O)C(NC(=O)OC)C(C)C. The molecule has 0 aromatic heterocycles. The fraction of sp³-hybridized carbons (Fsp3) is 0.760. The predicted molar refractivity (Wildman–Crippen MR) is 146 cm³/mol. The molecule has 0 spiro atoms.